The van der Waals surface area contributed by atoms with Gasteiger partial charge in [-0.25, -0.2) is 4.68 Å². The minimum absolute atomic E-state index is 0.0397. The minimum Gasteiger partial charge on any atom is -0.378 e. The van der Waals surface area contributed by atoms with E-state index < -0.39 is 0 Å². The lowest BCUT2D eigenvalue weighted by Gasteiger charge is -2.22. The van der Waals surface area contributed by atoms with E-state index in [0.717, 1.165) is 11.3 Å². The number of para-hydroxylation sites is 1. The first-order valence-electron chi connectivity index (χ1n) is 7.01. The molecule has 1 fully saturated rings. The largest absolute Gasteiger partial charge is 0.378 e. The average Bonchev–Trinajstić information content (AvgIpc) is 3.03. The molecule has 1 aromatic heterocycles. The molecule has 1 unspecified atom stereocenters. The van der Waals surface area contributed by atoms with Crippen LogP contribution in [0.1, 0.15) is 5.56 Å². The number of nitrogens with one attached hydrogen (secondary N) is 2. The minimum atomic E-state index is -0.261. The normalized spacial score (nSPS) is 18.4. The van der Waals surface area contributed by atoms with Crippen molar-refractivity contribution < 1.29 is 9.53 Å². The van der Waals surface area contributed by atoms with Gasteiger partial charge in [0.25, 0.3) is 0 Å². The summed E-state index contributed by atoms with van der Waals surface area (Å²) in [5.74, 6) is -0.0397. The Hall–Kier alpha value is -2.18. The van der Waals surface area contributed by atoms with Crippen molar-refractivity contribution in [3.8, 4) is 5.69 Å². The molecular weight excluding hydrogens is 268 g/mol. The summed E-state index contributed by atoms with van der Waals surface area (Å²) in [6.07, 6.45) is 3.68. The molecule has 0 saturated carbocycles. The molecule has 1 amide bonds. The van der Waals surface area contributed by atoms with Crippen molar-refractivity contribution in [2.75, 3.05) is 19.8 Å². The van der Waals surface area contributed by atoms with Crippen LogP contribution in [0.4, 0.5) is 0 Å². The van der Waals surface area contributed by atoms with E-state index in [1.165, 1.54) is 0 Å². The number of hydrogen-bond donors (Lipinski definition) is 2. The van der Waals surface area contributed by atoms with Crippen molar-refractivity contribution in [3.05, 3.63) is 48.3 Å². The molecule has 0 radical (unpaired) electrons. The summed E-state index contributed by atoms with van der Waals surface area (Å²) in [4.78, 5) is 12.0. The molecule has 0 spiro atoms. The third-order valence-electron chi connectivity index (χ3n) is 3.36. The van der Waals surface area contributed by atoms with Crippen LogP contribution in [0.2, 0.25) is 0 Å². The predicted octanol–water partition coefficient (Wildman–Crippen LogP) is 0.477. The number of rotatable bonds is 4. The first-order valence-corrected chi connectivity index (χ1v) is 7.01. The Kier molecular flexibility index (Phi) is 4.28. The van der Waals surface area contributed by atoms with Crippen LogP contribution in [0, 0.1) is 0 Å². The zero-order valence-electron chi connectivity index (χ0n) is 11.7. The number of benzene rings is 1. The van der Waals surface area contributed by atoms with Crippen molar-refractivity contribution in [3.63, 3.8) is 0 Å². The van der Waals surface area contributed by atoms with Crippen LogP contribution in [-0.4, -0.2) is 41.5 Å². The summed E-state index contributed by atoms with van der Waals surface area (Å²) in [5.41, 5.74) is 1.96. The third kappa shape index (κ3) is 3.48. The van der Waals surface area contributed by atoms with Gasteiger partial charge in [-0.1, -0.05) is 18.2 Å². The summed E-state index contributed by atoms with van der Waals surface area (Å²) in [6.45, 7) is 2.26. The highest BCUT2D eigenvalue weighted by molar-refractivity contribution is 5.81. The van der Waals surface area contributed by atoms with Crippen molar-refractivity contribution in [1.82, 2.24) is 20.4 Å². The van der Waals surface area contributed by atoms with Gasteiger partial charge in [0.15, 0.2) is 0 Å². The van der Waals surface area contributed by atoms with Crippen molar-refractivity contribution in [2.24, 2.45) is 0 Å². The smallest absolute Gasteiger partial charge is 0.239 e. The quantitative estimate of drug-likeness (QED) is 0.857. The van der Waals surface area contributed by atoms with Crippen molar-refractivity contribution in [2.45, 2.75) is 12.6 Å². The molecule has 2 aromatic rings. The molecule has 6 nitrogen and oxygen atoms in total. The van der Waals surface area contributed by atoms with E-state index in [2.05, 4.69) is 15.7 Å². The Balaban J connectivity index is 1.56. The third-order valence-corrected chi connectivity index (χ3v) is 3.36. The van der Waals surface area contributed by atoms with Crippen LogP contribution in [0.3, 0.4) is 0 Å². The summed E-state index contributed by atoms with van der Waals surface area (Å²) in [6, 6.07) is 9.60. The molecular formula is C15H18N4O2. The number of hydrogen-bond acceptors (Lipinski definition) is 4. The number of amides is 1. The van der Waals surface area contributed by atoms with Gasteiger partial charge in [-0.3, -0.25) is 4.79 Å². The average molecular weight is 286 g/mol. The number of nitrogens with zero attached hydrogens (tertiary/aromatic N) is 2. The van der Waals surface area contributed by atoms with Gasteiger partial charge in [0, 0.05) is 24.8 Å². The standard InChI is InChI=1S/C15H18N4O2/c20-15(14-11-21-7-6-16-14)17-8-12-9-18-19(10-12)13-4-2-1-3-5-13/h1-5,9-10,14,16H,6-8,11H2,(H,17,20). The van der Waals surface area contributed by atoms with Crippen molar-refractivity contribution in [1.29, 1.82) is 0 Å². The van der Waals surface area contributed by atoms with E-state index in [4.69, 9.17) is 4.74 Å². The van der Waals surface area contributed by atoms with Crippen LogP contribution in [0.5, 0.6) is 0 Å². The number of ether oxygens (including phenoxy) is 1. The highest BCUT2D eigenvalue weighted by Crippen LogP contribution is 2.07. The van der Waals surface area contributed by atoms with Gasteiger partial charge < -0.3 is 15.4 Å². The lowest BCUT2D eigenvalue weighted by molar-refractivity contribution is -0.126. The molecule has 0 aliphatic carbocycles. The SMILES string of the molecule is O=C(NCc1cnn(-c2ccccc2)c1)C1COCCN1. The fraction of sp³-hybridized carbons (Fsp3) is 0.333. The molecule has 0 bridgehead atoms. The van der Waals surface area contributed by atoms with Crippen LogP contribution in [0.15, 0.2) is 42.7 Å². The maximum atomic E-state index is 12.0. The predicted molar refractivity (Wildman–Crippen MR) is 78.0 cm³/mol. The molecule has 110 valence electrons. The Morgan fingerprint density at radius 1 is 1.43 bits per heavy atom. The van der Waals surface area contributed by atoms with E-state index in [1.807, 2.05) is 36.5 Å². The number of morpholine rings is 1. The van der Waals surface area contributed by atoms with Gasteiger partial charge in [-0.15, -0.1) is 0 Å². The fourth-order valence-electron chi connectivity index (χ4n) is 2.22. The summed E-state index contributed by atoms with van der Waals surface area (Å²) in [5, 5.41) is 10.3. The Morgan fingerprint density at radius 2 is 2.29 bits per heavy atom. The summed E-state index contributed by atoms with van der Waals surface area (Å²) in [7, 11) is 0. The highest BCUT2D eigenvalue weighted by Gasteiger charge is 2.20. The molecule has 6 heteroatoms. The van der Waals surface area contributed by atoms with Gasteiger partial charge in [0.05, 0.1) is 25.1 Å². The highest BCUT2D eigenvalue weighted by atomic mass is 16.5. The lowest BCUT2D eigenvalue weighted by atomic mass is 10.2. The van der Waals surface area contributed by atoms with E-state index in [0.29, 0.717) is 26.3 Å². The zero-order chi connectivity index (χ0) is 14.5. The Bertz CT molecular complexity index is 591. The molecule has 1 atom stereocenters. The van der Waals surface area contributed by atoms with E-state index in [1.54, 1.807) is 10.9 Å². The number of carbonyl (C=O) groups is 1. The topological polar surface area (TPSA) is 68.2 Å². The number of carbonyl (C=O) groups excluding carboxylic acids is 1. The Labute approximate surface area is 123 Å². The van der Waals surface area contributed by atoms with Crippen LogP contribution < -0.4 is 10.6 Å². The van der Waals surface area contributed by atoms with E-state index >= 15 is 0 Å². The van der Waals surface area contributed by atoms with Crippen LogP contribution in [-0.2, 0) is 16.1 Å². The maximum Gasteiger partial charge on any atom is 0.239 e. The monoisotopic (exact) mass is 286 g/mol. The zero-order valence-corrected chi connectivity index (χ0v) is 11.7. The molecule has 2 N–H and O–H groups in total. The summed E-state index contributed by atoms with van der Waals surface area (Å²) >= 11 is 0. The first kappa shape index (κ1) is 13.8. The first-order chi connectivity index (χ1) is 10.3. The van der Waals surface area contributed by atoms with Crippen LogP contribution in [0.25, 0.3) is 5.69 Å². The lowest BCUT2D eigenvalue weighted by Crippen LogP contribution is -2.51. The van der Waals surface area contributed by atoms with Gasteiger partial charge >= 0.3 is 0 Å². The molecule has 1 aliphatic heterocycles. The second-order valence-electron chi connectivity index (χ2n) is 4.93. The molecule has 2 heterocycles. The molecule has 1 aliphatic rings. The van der Waals surface area contributed by atoms with Crippen LogP contribution >= 0.6 is 0 Å². The van der Waals surface area contributed by atoms with Gasteiger partial charge in [-0.2, -0.15) is 5.10 Å². The van der Waals surface area contributed by atoms with Gasteiger partial charge in [-0.05, 0) is 12.1 Å². The Morgan fingerprint density at radius 3 is 3.05 bits per heavy atom. The molecule has 1 saturated heterocycles. The molecule has 1 aromatic carbocycles. The number of aromatic nitrogens is 2. The second kappa shape index (κ2) is 6.51. The van der Waals surface area contributed by atoms with Gasteiger partial charge in [0.1, 0.15) is 6.04 Å². The van der Waals surface area contributed by atoms with E-state index in [-0.39, 0.29) is 11.9 Å². The summed E-state index contributed by atoms with van der Waals surface area (Å²) < 4.78 is 7.07. The van der Waals surface area contributed by atoms with Gasteiger partial charge in [0.2, 0.25) is 5.91 Å². The fourth-order valence-corrected chi connectivity index (χ4v) is 2.22. The maximum absolute atomic E-state index is 12.0. The molecule has 21 heavy (non-hydrogen) atoms. The van der Waals surface area contributed by atoms with Crippen molar-refractivity contribution >= 4 is 5.91 Å². The second-order valence-corrected chi connectivity index (χ2v) is 4.93. The molecule has 3 rings (SSSR count). The van der Waals surface area contributed by atoms with E-state index in [9.17, 15) is 4.79 Å².